The first kappa shape index (κ1) is 22.1. The molecule has 0 radical (unpaired) electrons. The molecule has 6 nitrogen and oxygen atoms in total. The molecular formula is C35H21N5O. The quantitative estimate of drug-likeness (QED) is 0.216. The molecule has 4 aromatic carbocycles. The Bertz CT molecular complexity index is 2460. The van der Waals surface area contributed by atoms with Gasteiger partial charge < -0.3 is 4.74 Å². The van der Waals surface area contributed by atoms with Crippen molar-refractivity contribution in [2.75, 3.05) is 0 Å². The first-order chi connectivity index (χ1) is 20.3. The van der Waals surface area contributed by atoms with Crippen LogP contribution in [-0.4, -0.2) is 23.8 Å². The van der Waals surface area contributed by atoms with Crippen molar-refractivity contribution in [2.45, 2.75) is 0 Å². The Labute approximate surface area is 233 Å². The normalized spacial score (nSPS) is 11.9. The van der Waals surface area contributed by atoms with Crippen LogP contribution in [0.2, 0.25) is 0 Å². The summed E-state index contributed by atoms with van der Waals surface area (Å²) in [4.78, 5) is 13.7. The third-order valence-corrected chi connectivity index (χ3v) is 7.98. The zero-order chi connectivity index (χ0) is 26.9. The zero-order valence-corrected chi connectivity index (χ0v) is 21.8. The number of imidazole rings is 2. The number of hydrogen-bond acceptors (Lipinski definition) is 4. The van der Waals surface area contributed by atoms with Crippen molar-refractivity contribution in [1.29, 1.82) is 0 Å². The first-order valence-corrected chi connectivity index (χ1v) is 13.5. The molecule has 0 atom stereocenters. The van der Waals surface area contributed by atoms with Crippen LogP contribution >= 0.6 is 0 Å². The molecule has 0 aliphatic rings. The summed E-state index contributed by atoms with van der Waals surface area (Å²) in [6, 6.07) is 31.6. The molecule has 0 fully saturated rings. The van der Waals surface area contributed by atoms with Crippen LogP contribution in [0.15, 0.2) is 128 Å². The molecule has 5 aromatic heterocycles. The molecule has 0 unspecified atom stereocenters. The lowest BCUT2D eigenvalue weighted by Crippen LogP contribution is -1.93. The molecule has 9 aromatic rings. The van der Waals surface area contributed by atoms with Gasteiger partial charge in [-0.15, -0.1) is 0 Å². The molecule has 0 saturated carbocycles. The van der Waals surface area contributed by atoms with Crippen LogP contribution in [0.3, 0.4) is 0 Å². The second-order valence-corrected chi connectivity index (χ2v) is 10.2. The molecule has 192 valence electrons. The highest BCUT2D eigenvalue weighted by Crippen LogP contribution is 2.37. The Balaban J connectivity index is 1.20. The third kappa shape index (κ3) is 3.28. The lowest BCUT2D eigenvalue weighted by molar-refractivity contribution is 0.484. The molecule has 9 rings (SSSR count). The van der Waals surface area contributed by atoms with Gasteiger partial charge in [-0.1, -0.05) is 36.4 Å². The highest BCUT2D eigenvalue weighted by atomic mass is 16.5. The standard InChI is InChI=1S/C35H21N5O/c1-2-4-22(5-3-1)23-6-11-32-29(18-23)27-10-8-25(20-31(27)34-37-14-16-39(32)34)41-24-7-9-26-28-12-13-36-21-33(28)40-17-15-38-35(40)30(26)19-24/h1-21H. The SMILES string of the molecule is c1ccc(-c2ccc3c(c2)c2ccc(Oc4ccc5c6ccncc6n6ccnc6c5c4)cc2c2nccn32)cc1. The predicted molar refractivity (Wildman–Crippen MR) is 164 cm³/mol. The van der Waals surface area contributed by atoms with Gasteiger partial charge in [-0.05, 0) is 76.5 Å². The molecule has 6 heteroatoms. The smallest absolute Gasteiger partial charge is 0.145 e. The van der Waals surface area contributed by atoms with E-state index >= 15 is 0 Å². The number of pyridine rings is 3. The summed E-state index contributed by atoms with van der Waals surface area (Å²) in [6.45, 7) is 0. The maximum atomic E-state index is 6.48. The largest absolute Gasteiger partial charge is 0.457 e. The van der Waals surface area contributed by atoms with E-state index in [1.807, 2.05) is 61.4 Å². The van der Waals surface area contributed by atoms with Crippen LogP contribution in [-0.2, 0) is 0 Å². The Morgan fingerprint density at radius 1 is 0.488 bits per heavy atom. The van der Waals surface area contributed by atoms with E-state index in [0.717, 1.165) is 60.8 Å². The van der Waals surface area contributed by atoms with Crippen LogP contribution in [0.4, 0.5) is 0 Å². The van der Waals surface area contributed by atoms with E-state index in [1.54, 1.807) is 0 Å². The van der Waals surface area contributed by atoms with Gasteiger partial charge in [-0.25, -0.2) is 9.97 Å². The fourth-order valence-electron chi connectivity index (χ4n) is 6.12. The summed E-state index contributed by atoms with van der Waals surface area (Å²) in [5, 5.41) is 6.63. The monoisotopic (exact) mass is 527 g/mol. The fourth-order valence-corrected chi connectivity index (χ4v) is 6.12. The molecule has 0 N–H and O–H groups in total. The highest BCUT2D eigenvalue weighted by molar-refractivity contribution is 6.13. The average Bonchev–Trinajstić information content (AvgIpc) is 3.73. The molecule has 0 saturated heterocycles. The maximum Gasteiger partial charge on any atom is 0.145 e. The molecule has 0 aliphatic carbocycles. The van der Waals surface area contributed by atoms with Gasteiger partial charge in [-0.2, -0.15) is 0 Å². The average molecular weight is 528 g/mol. The summed E-state index contributed by atoms with van der Waals surface area (Å²) >= 11 is 0. The molecule has 0 amide bonds. The van der Waals surface area contributed by atoms with Gasteiger partial charge in [0.1, 0.15) is 22.8 Å². The number of fused-ring (bicyclic) bond motifs is 12. The van der Waals surface area contributed by atoms with E-state index in [4.69, 9.17) is 9.72 Å². The fraction of sp³-hybridized carbons (Fsp3) is 0. The summed E-state index contributed by atoms with van der Waals surface area (Å²) in [5.41, 5.74) is 6.32. The van der Waals surface area contributed by atoms with Crippen LogP contribution in [0.25, 0.3) is 65.8 Å². The minimum absolute atomic E-state index is 0.752. The Hall–Kier alpha value is -5.75. The van der Waals surface area contributed by atoms with Crippen molar-refractivity contribution >= 4 is 54.6 Å². The lowest BCUT2D eigenvalue weighted by Gasteiger charge is -2.13. The number of rotatable bonds is 3. The van der Waals surface area contributed by atoms with Crippen LogP contribution in [0.5, 0.6) is 11.5 Å². The van der Waals surface area contributed by atoms with Crippen molar-refractivity contribution in [3.63, 3.8) is 0 Å². The van der Waals surface area contributed by atoms with E-state index in [0.29, 0.717) is 0 Å². The van der Waals surface area contributed by atoms with Gasteiger partial charge in [0.15, 0.2) is 0 Å². The molecule has 0 spiro atoms. The summed E-state index contributed by atoms with van der Waals surface area (Å²) < 4.78 is 10.7. The Morgan fingerprint density at radius 3 is 1.90 bits per heavy atom. The van der Waals surface area contributed by atoms with Crippen molar-refractivity contribution in [2.24, 2.45) is 0 Å². The molecule has 41 heavy (non-hydrogen) atoms. The number of ether oxygens (including phenoxy) is 1. The summed E-state index contributed by atoms with van der Waals surface area (Å²) in [5.74, 6) is 1.51. The number of benzene rings is 4. The van der Waals surface area contributed by atoms with E-state index in [9.17, 15) is 0 Å². The van der Waals surface area contributed by atoms with Crippen molar-refractivity contribution < 1.29 is 4.74 Å². The third-order valence-electron chi connectivity index (χ3n) is 7.98. The van der Waals surface area contributed by atoms with Crippen molar-refractivity contribution in [3.8, 4) is 22.6 Å². The molecule has 5 heterocycles. The van der Waals surface area contributed by atoms with Gasteiger partial charge >= 0.3 is 0 Å². The molecular weight excluding hydrogens is 506 g/mol. The van der Waals surface area contributed by atoms with Gasteiger partial charge in [0.05, 0.1) is 17.2 Å². The lowest BCUT2D eigenvalue weighted by atomic mass is 9.99. The summed E-state index contributed by atoms with van der Waals surface area (Å²) in [6.07, 6.45) is 11.4. The highest BCUT2D eigenvalue weighted by Gasteiger charge is 2.14. The topological polar surface area (TPSA) is 56.7 Å². The molecule has 0 aliphatic heterocycles. The van der Waals surface area contributed by atoms with Crippen molar-refractivity contribution in [3.05, 3.63) is 128 Å². The van der Waals surface area contributed by atoms with E-state index in [2.05, 4.69) is 85.5 Å². The van der Waals surface area contributed by atoms with Gasteiger partial charge in [-0.3, -0.25) is 13.8 Å². The van der Waals surface area contributed by atoms with E-state index < -0.39 is 0 Å². The maximum absolute atomic E-state index is 6.48. The minimum Gasteiger partial charge on any atom is -0.457 e. The van der Waals surface area contributed by atoms with Gasteiger partial charge in [0.2, 0.25) is 0 Å². The summed E-state index contributed by atoms with van der Waals surface area (Å²) in [7, 11) is 0. The number of aromatic nitrogens is 5. The van der Waals surface area contributed by atoms with E-state index in [1.165, 1.54) is 16.5 Å². The van der Waals surface area contributed by atoms with Gasteiger partial charge in [0.25, 0.3) is 0 Å². The predicted octanol–water partition coefficient (Wildman–Crippen LogP) is 8.45. The van der Waals surface area contributed by atoms with E-state index in [-0.39, 0.29) is 0 Å². The molecule has 0 bridgehead atoms. The van der Waals surface area contributed by atoms with Crippen LogP contribution in [0.1, 0.15) is 0 Å². The minimum atomic E-state index is 0.752. The van der Waals surface area contributed by atoms with Crippen molar-refractivity contribution in [1.82, 2.24) is 23.8 Å². The Morgan fingerprint density at radius 2 is 1.17 bits per heavy atom. The van der Waals surface area contributed by atoms with Gasteiger partial charge in [0, 0.05) is 52.5 Å². The van der Waals surface area contributed by atoms with Crippen LogP contribution in [0, 0.1) is 0 Å². The first-order valence-electron chi connectivity index (χ1n) is 13.5. The van der Waals surface area contributed by atoms with Crippen LogP contribution < -0.4 is 4.74 Å². The zero-order valence-electron chi connectivity index (χ0n) is 21.8. The second-order valence-electron chi connectivity index (χ2n) is 10.2. The second kappa shape index (κ2) is 8.37. The Kier molecular flexibility index (Phi) is 4.51. The number of hydrogen-bond donors (Lipinski definition) is 0. The number of nitrogens with zero attached hydrogens (tertiary/aromatic N) is 5.